The molecule has 130 valence electrons. The Morgan fingerprint density at radius 3 is 2.71 bits per heavy atom. The van der Waals surface area contributed by atoms with E-state index in [2.05, 4.69) is 11.9 Å². The summed E-state index contributed by atoms with van der Waals surface area (Å²) < 4.78 is 0. The van der Waals surface area contributed by atoms with Crippen molar-refractivity contribution in [1.82, 2.24) is 10.2 Å². The van der Waals surface area contributed by atoms with Crippen molar-refractivity contribution in [3.63, 3.8) is 0 Å². The van der Waals surface area contributed by atoms with Crippen LogP contribution in [0.3, 0.4) is 0 Å². The molecule has 0 saturated carbocycles. The van der Waals surface area contributed by atoms with Gasteiger partial charge in [0.05, 0.1) is 27.9 Å². The van der Waals surface area contributed by atoms with Crippen LogP contribution in [0.2, 0.25) is 10.0 Å². The minimum atomic E-state index is -0.244. The molecule has 2 rings (SSSR count). The molecule has 0 aliphatic carbocycles. The molecule has 0 radical (unpaired) electrons. The average molecular weight is 369 g/mol. The summed E-state index contributed by atoms with van der Waals surface area (Å²) in [5.74, 6) is -0.253. The average Bonchev–Trinajstić information content (AvgIpc) is 2.84. The largest absolute Gasteiger partial charge is 0.505 e. The zero-order valence-corrected chi connectivity index (χ0v) is 15.4. The van der Waals surface area contributed by atoms with Gasteiger partial charge in [-0.15, -0.1) is 0 Å². The minimum absolute atomic E-state index is 0.00830. The third kappa shape index (κ3) is 4.25. The normalized spacial score (nSPS) is 15.8. The molecule has 2 N–H and O–H groups in total. The second-order valence-electron chi connectivity index (χ2n) is 5.95. The van der Waals surface area contributed by atoms with Gasteiger partial charge in [-0.3, -0.25) is 4.79 Å². The predicted molar refractivity (Wildman–Crippen MR) is 98.4 cm³/mol. The lowest BCUT2D eigenvalue weighted by molar-refractivity contribution is -0.118. The van der Waals surface area contributed by atoms with E-state index in [9.17, 15) is 9.90 Å². The Hall–Kier alpha value is -1.65. The smallest absolute Gasteiger partial charge is 0.253 e. The molecular weight excluding hydrogens is 347 g/mol. The fourth-order valence-corrected chi connectivity index (χ4v) is 2.95. The lowest BCUT2D eigenvalue weighted by Gasteiger charge is -2.17. The molecule has 1 aliphatic rings. The topological polar surface area (TPSA) is 52.6 Å². The summed E-state index contributed by atoms with van der Waals surface area (Å²) in [5, 5.41) is 14.1. The number of nitrogens with zero attached hydrogens (tertiary/aromatic N) is 1. The van der Waals surface area contributed by atoms with E-state index < -0.39 is 0 Å². The van der Waals surface area contributed by atoms with Gasteiger partial charge < -0.3 is 15.3 Å². The molecule has 1 heterocycles. The summed E-state index contributed by atoms with van der Waals surface area (Å²) in [7, 11) is 0. The van der Waals surface area contributed by atoms with Gasteiger partial charge in [-0.2, -0.15) is 0 Å². The molecule has 1 aromatic carbocycles. The van der Waals surface area contributed by atoms with Crippen LogP contribution < -0.4 is 5.32 Å². The molecule has 0 fully saturated rings. The molecule has 1 unspecified atom stereocenters. The van der Waals surface area contributed by atoms with Crippen molar-refractivity contribution in [3.05, 3.63) is 57.4 Å². The summed E-state index contributed by atoms with van der Waals surface area (Å²) in [6, 6.07) is 5.51. The second kappa shape index (κ2) is 7.95. The standard InChI is InChI=1S/C18H22Cl2N2O2/c1-4-22-10-14(17(23)12(22)3)18(24)21-11(2)5-6-13-7-8-15(19)16(20)9-13/h7-9,11,23H,3-6,10H2,1-2H3,(H,21,24). The Balaban J connectivity index is 1.90. The number of carbonyl (C=O) groups excluding carboxylic acids is 1. The maximum atomic E-state index is 12.3. The Morgan fingerprint density at radius 2 is 2.12 bits per heavy atom. The maximum absolute atomic E-state index is 12.3. The number of halogens is 2. The van der Waals surface area contributed by atoms with Crippen molar-refractivity contribution < 1.29 is 9.90 Å². The van der Waals surface area contributed by atoms with Gasteiger partial charge in [0.2, 0.25) is 0 Å². The summed E-state index contributed by atoms with van der Waals surface area (Å²) >= 11 is 11.9. The van der Waals surface area contributed by atoms with E-state index in [1.54, 1.807) is 6.07 Å². The molecule has 0 saturated heterocycles. The first-order valence-electron chi connectivity index (χ1n) is 7.94. The van der Waals surface area contributed by atoms with E-state index in [-0.39, 0.29) is 17.7 Å². The fourth-order valence-electron chi connectivity index (χ4n) is 2.63. The lowest BCUT2D eigenvalue weighted by Crippen LogP contribution is -2.35. The Kier molecular flexibility index (Phi) is 6.19. The van der Waals surface area contributed by atoms with Crippen LogP contribution in [0, 0.1) is 0 Å². The van der Waals surface area contributed by atoms with E-state index in [4.69, 9.17) is 23.2 Å². The van der Waals surface area contributed by atoms with Crippen LogP contribution in [0.5, 0.6) is 0 Å². The number of likely N-dealkylation sites (N-methyl/N-ethyl adjacent to an activating group) is 1. The molecule has 0 bridgehead atoms. The van der Waals surface area contributed by atoms with Crippen LogP contribution in [-0.2, 0) is 11.2 Å². The van der Waals surface area contributed by atoms with E-state index >= 15 is 0 Å². The Labute approximate surface area is 152 Å². The molecule has 24 heavy (non-hydrogen) atoms. The maximum Gasteiger partial charge on any atom is 0.253 e. The van der Waals surface area contributed by atoms with E-state index in [0.717, 1.165) is 18.4 Å². The highest BCUT2D eigenvalue weighted by molar-refractivity contribution is 6.42. The Bertz CT molecular complexity index is 686. The van der Waals surface area contributed by atoms with Crippen LogP contribution in [0.15, 0.2) is 41.8 Å². The van der Waals surface area contributed by atoms with E-state index in [1.807, 2.05) is 30.9 Å². The van der Waals surface area contributed by atoms with Crippen molar-refractivity contribution in [2.24, 2.45) is 0 Å². The first-order valence-corrected chi connectivity index (χ1v) is 8.70. The zero-order valence-electron chi connectivity index (χ0n) is 13.9. The number of aliphatic hydroxyl groups is 1. The third-order valence-corrected chi connectivity index (χ3v) is 4.91. The van der Waals surface area contributed by atoms with Crippen LogP contribution in [0.4, 0.5) is 0 Å². The van der Waals surface area contributed by atoms with Gasteiger partial charge in [0.1, 0.15) is 5.76 Å². The number of amides is 1. The van der Waals surface area contributed by atoms with Crippen molar-refractivity contribution in [3.8, 4) is 0 Å². The van der Waals surface area contributed by atoms with Gasteiger partial charge in [0.25, 0.3) is 5.91 Å². The van der Waals surface area contributed by atoms with Gasteiger partial charge in [-0.25, -0.2) is 0 Å². The molecule has 6 heteroatoms. The summed E-state index contributed by atoms with van der Waals surface area (Å²) in [6.45, 7) is 8.80. The van der Waals surface area contributed by atoms with Crippen LogP contribution in [0.25, 0.3) is 0 Å². The highest BCUT2D eigenvalue weighted by Crippen LogP contribution is 2.25. The first-order chi connectivity index (χ1) is 11.3. The van der Waals surface area contributed by atoms with Crippen LogP contribution in [-0.4, -0.2) is 35.0 Å². The lowest BCUT2D eigenvalue weighted by atomic mass is 10.1. The van der Waals surface area contributed by atoms with Gasteiger partial charge >= 0.3 is 0 Å². The monoisotopic (exact) mass is 368 g/mol. The fraction of sp³-hybridized carbons (Fsp3) is 0.389. The second-order valence-corrected chi connectivity index (χ2v) is 6.76. The predicted octanol–water partition coefficient (Wildman–Crippen LogP) is 4.09. The number of aryl methyl sites for hydroxylation is 1. The first kappa shape index (κ1) is 18.7. The summed E-state index contributed by atoms with van der Waals surface area (Å²) in [4.78, 5) is 14.2. The molecule has 1 atom stereocenters. The van der Waals surface area contributed by atoms with E-state index in [1.165, 1.54) is 0 Å². The number of aliphatic hydroxyl groups excluding tert-OH is 1. The third-order valence-electron chi connectivity index (χ3n) is 4.17. The highest BCUT2D eigenvalue weighted by Gasteiger charge is 2.28. The molecule has 1 amide bonds. The summed E-state index contributed by atoms with van der Waals surface area (Å²) in [6.07, 6.45) is 1.54. The number of nitrogens with one attached hydrogen (secondary N) is 1. The van der Waals surface area contributed by atoms with Gasteiger partial charge in [-0.1, -0.05) is 35.8 Å². The minimum Gasteiger partial charge on any atom is -0.505 e. The molecule has 4 nitrogen and oxygen atoms in total. The van der Waals surface area contributed by atoms with Crippen LogP contribution in [0.1, 0.15) is 25.8 Å². The molecule has 0 aromatic heterocycles. The quantitative estimate of drug-likeness (QED) is 0.794. The Morgan fingerprint density at radius 1 is 1.42 bits per heavy atom. The molecular formula is C18H22Cl2N2O2. The van der Waals surface area contributed by atoms with Crippen molar-refractivity contribution in [1.29, 1.82) is 0 Å². The van der Waals surface area contributed by atoms with Gasteiger partial charge in [0, 0.05) is 12.6 Å². The van der Waals surface area contributed by atoms with Crippen molar-refractivity contribution in [2.75, 3.05) is 13.1 Å². The van der Waals surface area contributed by atoms with Gasteiger partial charge in [0.15, 0.2) is 0 Å². The number of hydrogen-bond donors (Lipinski definition) is 2. The molecule has 1 aromatic rings. The number of hydrogen-bond acceptors (Lipinski definition) is 3. The van der Waals surface area contributed by atoms with Crippen molar-refractivity contribution in [2.45, 2.75) is 32.7 Å². The number of benzene rings is 1. The molecule has 0 spiro atoms. The summed E-state index contributed by atoms with van der Waals surface area (Å²) in [5.41, 5.74) is 1.95. The van der Waals surface area contributed by atoms with Crippen LogP contribution >= 0.6 is 23.2 Å². The number of carbonyl (C=O) groups is 1. The van der Waals surface area contributed by atoms with E-state index in [0.29, 0.717) is 34.4 Å². The number of rotatable bonds is 6. The SMILES string of the molecule is C=C1C(O)=C(C(=O)NC(C)CCc2ccc(Cl)c(Cl)c2)CN1CC. The highest BCUT2D eigenvalue weighted by atomic mass is 35.5. The van der Waals surface area contributed by atoms with Gasteiger partial charge in [-0.05, 0) is 44.4 Å². The zero-order chi connectivity index (χ0) is 17.9. The van der Waals surface area contributed by atoms with Crippen molar-refractivity contribution >= 4 is 29.1 Å². The molecule has 1 aliphatic heterocycles.